The summed E-state index contributed by atoms with van der Waals surface area (Å²) in [5.74, 6) is -1.04. The number of hydrogen-bond donors (Lipinski definition) is 0. The van der Waals surface area contributed by atoms with E-state index in [1.54, 1.807) is 18.2 Å². The van der Waals surface area contributed by atoms with E-state index < -0.39 is 11.6 Å². The fourth-order valence-corrected chi connectivity index (χ4v) is 2.17. The second-order valence-electron chi connectivity index (χ2n) is 4.76. The molecule has 4 nitrogen and oxygen atoms in total. The van der Waals surface area contributed by atoms with Crippen molar-refractivity contribution in [3.63, 3.8) is 0 Å². The molecular formula is C16H11ClF2N2O2. The molecule has 0 fully saturated rings. The molecule has 0 radical (unpaired) electrons. The van der Waals surface area contributed by atoms with Gasteiger partial charge in [-0.1, -0.05) is 28.9 Å². The summed E-state index contributed by atoms with van der Waals surface area (Å²) in [5.41, 5.74) is 0.420. The first-order chi connectivity index (χ1) is 11.1. The lowest BCUT2D eigenvalue weighted by Gasteiger charge is -2.07. The van der Waals surface area contributed by atoms with E-state index >= 15 is 0 Å². The number of halogens is 3. The van der Waals surface area contributed by atoms with Crippen molar-refractivity contribution in [3.8, 4) is 17.2 Å². The second-order valence-corrected chi connectivity index (χ2v) is 5.17. The third-order valence-electron chi connectivity index (χ3n) is 3.22. The van der Waals surface area contributed by atoms with Crippen molar-refractivity contribution < 1.29 is 18.0 Å². The summed E-state index contributed by atoms with van der Waals surface area (Å²) in [7, 11) is 0. The lowest BCUT2D eigenvalue weighted by atomic mass is 10.2. The van der Waals surface area contributed by atoms with Gasteiger partial charge >= 0.3 is 0 Å². The van der Waals surface area contributed by atoms with E-state index in [1.165, 1.54) is 6.07 Å². The average Bonchev–Trinajstić information content (AvgIpc) is 2.97. The Kier molecular flexibility index (Phi) is 4.25. The van der Waals surface area contributed by atoms with Gasteiger partial charge in [0, 0.05) is 10.6 Å². The number of nitrogens with zero attached hydrogens (tertiary/aromatic N) is 2. The molecule has 0 aliphatic rings. The van der Waals surface area contributed by atoms with Crippen LogP contribution in [0.3, 0.4) is 0 Å². The van der Waals surface area contributed by atoms with Gasteiger partial charge in [0.05, 0.1) is 0 Å². The summed E-state index contributed by atoms with van der Waals surface area (Å²) in [6.07, 6.45) is 0. The van der Waals surface area contributed by atoms with E-state index in [4.69, 9.17) is 20.9 Å². The van der Waals surface area contributed by atoms with Crippen molar-refractivity contribution in [1.82, 2.24) is 10.1 Å². The molecule has 3 aromatic rings. The quantitative estimate of drug-likeness (QED) is 0.701. The first kappa shape index (κ1) is 15.4. The normalized spacial score (nSPS) is 10.8. The molecule has 0 N–H and O–H groups in total. The maximum atomic E-state index is 13.7. The summed E-state index contributed by atoms with van der Waals surface area (Å²) in [6, 6.07) is 8.75. The monoisotopic (exact) mass is 336 g/mol. The van der Waals surface area contributed by atoms with Crippen molar-refractivity contribution >= 4 is 11.6 Å². The van der Waals surface area contributed by atoms with Crippen LogP contribution in [-0.2, 0) is 6.61 Å². The van der Waals surface area contributed by atoms with Gasteiger partial charge in [0.25, 0.3) is 5.89 Å². The molecule has 1 aromatic heterocycles. The molecular weight excluding hydrogens is 326 g/mol. The topological polar surface area (TPSA) is 48.2 Å². The van der Waals surface area contributed by atoms with Gasteiger partial charge in [-0.15, -0.1) is 0 Å². The fraction of sp³-hybridized carbons (Fsp3) is 0.125. The molecule has 0 unspecified atom stereocenters. The van der Waals surface area contributed by atoms with E-state index in [2.05, 4.69) is 10.1 Å². The highest BCUT2D eigenvalue weighted by atomic mass is 35.5. The molecule has 118 valence electrons. The van der Waals surface area contributed by atoms with Crippen LogP contribution in [0.25, 0.3) is 11.5 Å². The number of rotatable bonds is 4. The van der Waals surface area contributed by atoms with Crippen molar-refractivity contribution in [2.45, 2.75) is 13.5 Å². The molecule has 1 heterocycles. The smallest absolute Gasteiger partial charge is 0.264 e. The van der Waals surface area contributed by atoms with Crippen LogP contribution in [0.2, 0.25) is 5.02 Å². The first-order valence-electron chi connectivity index (χ1n) is 6.71. The molecule has 0 aliphatic carbocycles. The predicted molar refractivity (Wildman–Crippen MR) is 80.2 cm³/mol. The third-order valence-corrected chi connectivity index (χ3v) is 3.63. The van der Waals surface area contributed by atoms with Gasteiger partial charge in [-0.3, -0.25) is 0 Å². The van der Waals surface area contributed by atoms with Gasteiger partial charge in [0.15, 0.2) is 6.61 Å². The maximum absolute atomic E-state index is 13.7. The standard InChI is InChI=1S/C16H11ClF2N2O2/c1-9-10(17)4-2-7-13(9)22-8-14-20-16(23-21-14)15-11(18)5-3-6-12(15)19/h2-7H,8H2,1H3. The predicted octanol–water partition coefficient (Wildman–Crippen LogP) is 4.56. The second kappa shape index (κ2) is 6.34. The van der Waals surface area contributed by atoms with Crippen LogP contribution < -0.4 is 4.74 Å². The zero-order chi connectivity index (χ0) is 16.4. The molecule has 0 amide bonds. The van der Waals surface area contributed by atoms with Crippen molar-refractivity contribution in [2.24, 2.45) is 0 Å². The Morgan fingerprint density at radius 3 is 2.57 bits per heavy atom. The SMILES string of the molecule is Cc1c(Cl)cccc1OCc1noc(-c2c(F)cccc2F)n1. The minimum Gasteiger partial charge on any atom is -0.485 e. The molecule has 0 saturated carbocycles. The van der Waals surface area contributed by atoms with Gasteiger partial charge in [0.2, 0.25) is 5.82 Å². The first-order valence-corrected chi connectivity index (χ1v) is 7.09. The van der Waals surface area contributed by atoms with E-state index in [1.807, 2.05) is 6.92 Å². The van der Waals surface area contributed by atoms with Gasteiger partial charge in [-0.25, -0.2) is 8.78 Å². The highest BCUT2D eigenvalue weighted by Gasteiger charge is 2.18. The molecule has 3 rings (SSSR count). The zero-order valence-corrected chi connectivity index (χ0v) is 12.8. The highest BCUT2D eigenvalue weighted by molar-refractivity contribution is 6.31. The Bertz CT molecular complexity index is 832. The van der Waals surface area contributed by atoms with Crippen molar-refractivity contribution in [2.75, 3.05) is 0 Å². The van der Waals surface area contributed by atoms with E-state index in [9.17, 15) is 8.78 Å². The lowest BCUT2D eigenvalue weighted by Crippen LogP contribution is -1.99. The number of hydrogen-bond acceptors (Lipinski definition) is 4. The molecule has 0 atom stereocenters. The molecule has 2 aromatic carbocycles. The summed E-state index contributed by atoms with van der Waals surface area (Å²) >= 11 is 6.00. The largest absolute Gasteiger partial charge is 0.485 e. The summed E-state index contributed by atoms with van der Waals surface area (Å²) in [4.78, 5) is 3.95. The summed E-state index contributed by atoms with van der Waals surface area (Å²) in [6.45, 7) is 1.80. The van der Waals surface area contributed by atoms with Crippen LogP contribution in [0.5, 0.6) is 5.75 Å². The van der Waals surface area contributed by atoms with E-state index in [0.29, 0.717) is 10.8 Å². The number of benzene rings is 2. The van der Waals surface area contributed by atoms with Crippen LogP contribution in [-0.4, -0.2) is 10.1 Å². The van der Waals surface area contributed by atoms with Crippen LogP contribution in [0.4, 0.5) is 8.78 Å². The lowest BCUT2D eigenvalue weighted by molar-refractivity contribution is 0.285. The van der Waals surface area contributed by atoms with Crippen molar-refractivity contribution in [3.05, 3.63) is 64.4 Å². The minimum atomic E-state index is -0.771. The fourth-order valence-electron chi connectivity index (χ4n) is 2.00. The minimum absolute atomic E-state index is 0.0131. The highest BCUT2D eigenvalue weighted by Crippen LogP contribution is 2.27. The van der Waals surface area contributed by atoms with Crippen LogP contribution in [0, 0.1) is 18.6 Å². The molecule has 0 spiro atoms. The average molecular weight is 337 g/mol. The van der Waals surface area contributed by atoms with Gasteiger partial charge in [0.1, 0.15) is 22.9 Å². The summed E-state index contributed by atoms with van der Waals surface area (Å²) in [5, 5.41) is 4.24. The van der Waals surface area contributed by atoms with Gasteiger partial charge in [-0.2, -0.15) is 4.98 Å². The Labute approximate surface area is 135 Å². The van der Waals surface area contributed by atoms with E-state index in [-0.39, 0.29) is 23.9 Å². The van der Waals surface area contributed by atoms with Gasteiger partial charge < -0.3 is 9.26 Å². The third kappa shape index (κ3) is 3.17. The molecule has 0 bridgehead atoms. The van der Waals surface area contributed by atoms with E-state index in [0.717, 1.165) is 17.7 Å². The Morgan fingerprint density at radius 2 is 1.83 bits per heavy atom. The summed E-state index contributed by atoms with van der Waals surface area (Å²) < 4.78 is 37.8. The van der Waals surface area contributed by atoms with Crippen LogP contribution >= 0.6 is 11.6 Å². The van der Waals surface area contributed by atoms with Crippen molar-refractivity contribution in [1.29, 1.82) is 0 Å². The molecule has 0 saturated heterocycles. The van der Waals surface area contributed by atoms with Crippen LogP contribution in [0.15, 0.2) is 40.9 Å². The van der Waals surface area contributed by atoms with Gasteiger partial charge in [-0.05, 0) is 31.2 Å². The Morgan fingerprint density at radius 1 is 1.13 bits per heavy atom. The molecule has 7 heteroatoms. The molecule has 0 aliphatic heterocycles. The number of ether oxygens (including phenoxy) is 1. The Hall–Kier alpha value is -2.47. The number of aromatic nitrogens is 2. The maximum Gasteiger partial charge on any atom is 0.264 e. The Balaban J connectivity index is 1.79. The zero-order valence-electron chi connectivity index (χ0n) is 12.0. The molecule has 23 heavy (non-hydrogen) atoms. The van der Waals surface area contributed by atoms with Crippen LogP contribution in [0.1, 0.15) is 11.4 Å².